The molecule has 0 spiro atoms. The first-order valence-corrected chi connectivity index (χ1v) is 3.60. The third-order valence-corrected chi connectivity index (χ3v) is 1.62. The molecule has 0 unspecified atom stereocenters. The first-order chi connectivity index (χ1) is 7.04. The molecule has 0 N–H and O–H groups in total. The van der Waals surface area contributed by atoms with Crippen LogP contribution in [-0.2, 0) is 0 Å². The van der Waals surface area contributed by atoms with Crippen LogP contribution in [0.1, 0.15) is 0 Å². The van der Waals surface area contributed by atoms with Gasteiger partial charge in [0.05, 0.1) is 10.8 Å². The van der Waals surface area contributed by atoms with Gasteiger partial charge >= 0.3 is 0 Å². The van der Waals surface area contributed by atoms with E-state index in [2.05, 4.69) is 15.0 Å². The van der Waals surface area contributed by atoms with E-state index in [1.54, 1.807) is 0 Å². The van der Waals surface area contributed by atoms with Gasteiger partial charge in [-0.3, -0.25) is 4.99 Å². The molecule has 0 bridgehead atoms. The van der Waals surface area contributed by atoms with E-state index in [4.69, 9.17) is 6.57 Å². The lowest BCUT2D eigenvalue weighted by Crippen LogP contribution is -2.32. The smallest absolute Gasteiger partial charge is 0.176 e. The molecular formula is C10H9F2N3O2. The van der Waals surface area contributed by atoms with Crippen LogP contribution in [0.2, 0.25) is 0 Å². The Hall–Kier alpha value is -2.49. The average Bonchev–Trinajstić information content (AvgIpc) is 2.23. The van der Waals surface area contributed by atoms with Crippen molar-refractivity contribution >= 4 is 11.4 Å². The molecular weight excluding hydrogens is 232 g/mol. The molecule has 1 aliphatic carbocycles. The zero-order chi connectivity index (χ0) is 11.6. The predicted molar refractivity (Wildman–Crippen MR) is 56.5 cm³/mol. The van der Waals surface area contributed by atoms with Crippen molar-refractivity contribution in [1.82, 2.24) is 0 Å². The van der Waals surface area contributed by atoms with Crippen molar-refractivity contribution in [2.24, 2.45) is 10.1 Å². The van der Waals surface area contributed by atoms with Crippen LogP contribution in [0.25, 0.3) is 4.95 Å². The predicted octanol–water partition coefficient (Wildman–Crippen LogP) is 0.329. The maximum absolute atomic E-state index is 13.1. The summed E-state index contributed by atoms with van der Waals surface area (Å²) < 4.78 is 26.2. The molecule has 5 nitrogen and oxygen atoms in total. The van der Waals surface area contributed by atoms with Crippen LogP contribution < -0.4 is 10.2 Å². The summed E-state index contributed by atoms with van der Waals surface area (Å²) in [7, 11) is 1.05. The molecule has 0 amide bonds. The van der Waals surface area contributed by atoms with Crippen LogP contribution in [0.3, 0.4) is 0 Å². The highest BCUT2D eigenvalue weighted by atomic mass is 19.1. The Bertz CT molecular complexity index is 440. The summed E-state index contributed by atoms with van der Waals surface area (Å²) in [6.45, 7) is 6.28. The average molecular weight is 241 g/mol. The van der Waals surface area contributed by atoms with Crippen molar-refractivity contribution in [3.8, 4) is 0 Å². The third kappa shape index (κ3) is 2.55. The number of rotatable bonds is 0. The van der Waals surface area contributed by atoms with Crippen molar-refractivity contribution in [3.05, 3.63) is 49.6 Å². The first kappa shape index (κ1) is 16.9. The quantitative estimate of drug-likeness (QED) is 0.348. The van der Waals surface area contributed by atoms with Gasteiger partial charge < -0.3 is 10.2 Å². The van der Waals surface area contributed by atoms with Gasteiger partial charge in [0.2, 0.25) is 0 Å². The van der Waals surface area contributed by atoms with Gasteiger partial charge in [0, 0.05) is 21.9 Å². The van der Waals surface area contributed by atoms with E-state index in [1.165, 1.54) is 0 Å². The van der Waals surface area contributed by atoms with Gasteiger partial charge in [0.1, 0.15) is 11.7 Å². The van der Waals surface area contributed by atoms with E-state index in [0.29, 0.717) is 0 Å². The second-order valence-electron chi connectivity index (χ2n) is 2.41. The molecule has 0 fully saturated rings. The molecule has 0 radical (unpaired) electrons. The van der Waals surface area contributed by atoms with E-state index in [9.17, 15) is 19.0 Å². The maximum atomic E-state index is 13.1. The fourth-order valence-electron chi connectivity index (χ4n) is 0.961. The van der Waals surface area contributed by atoms with Crippen molar-refractivity contribution < 1.29 is 19.0 Å². The highest BCUT2D eigenvalue weighted by Gasteiger charge is 2.24. The molecule has 17 heavy (non-hydrogen) atoms. The summed E-state index contributed by atoms with van der Waals surface area (Å²) in [5.74, 6) is -5.87. The van der Waals surface area contributed by atoms with Crippen molar-refractivity contribution in [2.75, 3.05) is 7.05 Å². The normalized spacial score (nSPS) is 19.9. The van der Waals surface area contributed by atoms with E-state index in [-0.39, 0.29) is 14.9 Å². The molecule has 0 aliphatic heterocycles. The molecule has 0 aromatic heterocycles. The summed E-state index contributed by atoms with van der Waals surface area (Å²) >= 11 is 0. The first-order valence-electron chi connectivity index (χ1n) is 3.60. The van der Waals surface area contributed by atoms with E-state index < -0.39 is 34.6 Å². The van der Waals surface area contributed by atoms with E-state index >= 15 is 0 Å². The fourth-order valence-corrected chi connectivity index (χ4v) is 0.961. The molecule has 7 heteroatoms. The van der Waals surface area contributed by atoms with Crippen molar-refractivity contribution in [3.63, 3.8) is 0 Å². The molecule has 0 saturated heterocycles. The van der Waals surface area contributed by atoms with Crippen LogP contribution in [0.4, 0.5) is 8.78 Å². The van der Waals surface area contributed by atoms with E-state index in [1.807, 2.05) is 0 Å². The van der Waals surface area contributed by atoms with Gasteiger partial charge in [-0.25, -0.2) is 8.78 Å². The van der Waals surface area contributed by atoms with Crippen LogP contribution in [-0.4, -0.2) is 18.5 Å². The van der Waals surface area contributed by atoms with Crippen LogP contribution in [0, 0.1) is 21.4 Å². The Kier molecular flexibility index (Phi) is 6.14. The van der Waals surface area contributed by atoms with Crippen LogP contribution in [0.15, 0.2) is 33.3 Å². The summed E-state index contributed by atoms with van der Waals surface area (Å²) in [5, 5.41) is 24.8. The Balaban J connectivity index is 0. The number of allylic oxidation sites excluding steroid dienone is 2. The van der Waals surface area contributed by atoms with Gasteiger partial charge in [-0.1, -0.05) is 0 Å². The summed E-state index contributed by atoms with van der Waals surface area (Å²) in [6, 6.07) is 0. The molecule has 0 saturated carbocycles. The summed E-state index contributed by atoms with van der Waals surface area (Å²) in [5.41, 5.74) is -2.00. The minimum atomic E-state index is -1.56. The van der Waals surface area contributed by atoms with Gasteiger partial charge in [-0.15, -0.1) is 4.95 Å². The lowest BCUT2D eigenvalue weighted by Gasteiger charge is -2.24. The zero-order valence-electron chi connectivity index (χ0n) is 9.41. The molecule has 0 aromatic rings. The number of aliphatic imine (C=N–C) groups is 1. The largest absolute Gasteiger partial charge is 0.869 e. The van der Waals surface area contributed by atoms with Gasteiger partial charge in [-0.05, 0) is 11.5 Å². The second kappa shape index (κ2) is 6.17. The molecule has 90 valence electrons. The van der Waals surface area contributed by atoms with Gasteiger partial charge in [-0.2, -0.15) is 6.57 Å². The van der Waals surface area contributed by atoms with Crippen molar-refractivity contribution in [2.45, 2.75) is 0 Å². The number of hydrogen-bond acceptors (Lipinski definition) is 4. The Morgan fingerprint density at radius 1 is 1.06 bits per heavy atom. The maximum Gasteiger partial charge on any atom is 0.176 e. The highest BCUT2D eigenvalue weighted by Crippen LogP contribution is 2.22. The molecule has 0 aromatic carbocycles. The number of halogens is 2. The number of nitrogens with zero attached hydrogens (tertiary/aromatic N) is 3. The van der Waals surface area contributed by atoms with Crippen LogP contribution >= 0.6 is 0 Å². The fraction of sp³-hybridized carbons (Fsp3) is 0.100. The second-order valence-corrected chi connectivity index (χ2v) is 2.41. The SMILES string of the molecule is [C-]#[N+]N=C1C([O-])=C(F)C(=NC)C([O-])=C1F.[CH3+].[CH3+]. The van der Waals surface area contributed by atoms with Gasteiger partial charge in [0.15, 0.2) is 5.71 Å². The van der Waals surface area contributed by atoms with Crippen LogP contribution in [0.5, 0.6) is 0 Å². The lowest BCUT2D eigenvalue weighted by atomic mass is 10.1. The van der Waals surface area contributed by atoms with Gasteiger partial charge in [0.25, 0.3) is 0 Å². The topological polar surface area (TPSA) is 75.2 Å². The standard InChI is InChI=1S/C8H5F2N3O2.2CH3/c1-11-5-3(9)8(15)6(13-12-2)4(10)7(5)14;;/h14-15H,1H3;2*1H3/q;2*+1/p-2. The highest BCUT2D eigenvalue weighted by molar-refractivity contribution is 6.24. The summed E-state index contributed by atoms with van der Waals surface area (Å²) in [6.07, 6.45) is 0. The minimum Gasteiger partial charge on any atom is -0.869 e. The van der Waals surface area contributed by atoms with E-state index in [0.717, 1.165) is 7.05 Å². The minimum absolute atomic E-state index is 0. The molecule has 0 heterocycles. The Morgan fingerprint density at radius 3 is 1.88 bits per heavy atom. The third-order valence-electron chi connectivity index (χ3n) is 1.62. The zero-order valence-corrected chi connectivity index (χ0v) is 9.41. The molecule has 1 rings (SSSR count). The van der Waals surface area contributed by atoms with Crippen molar-refractivity contribution in [1.29, 1.82) is 0 Å². The molecule has 1 aliphatic rings. The monoisotopic (exact) mass is 241 g/mol. The molecule has 0 atom stereocenters. The Morgan fingerprint density at radius 2 is 1.47 bits per heavy atom. The number of hydrogen-bond donors (Lipinski definition) is 0. The Labute approximate surface area is 97.9 Å². The lowest BCUT2D eigenvalue weighted by molar-refractivity contribution is -0.300. The summed E-state index contributed by atoms with van der Waals surface area (Å²) in [4.78, 5) is 5.51.